The van der Waals surface area contributed by atoms with E-state index in [1.807, 2.05) is 26.0 Å². The van der Waals surface area contributed by atoms with Crippen LogP contribution < -0.4 is 0 Å². The number of carbonyl (C=O) groups excluding carboxylic acids is 1. The molecule has 0 aliphatic heterocycles. The van der Waals surface area contributed by atoms with Crippen molar-refractivity contribution in [3.05, 3.63) is 40.4 Å². The van der Waals surface area contributed by atoms with Gasteiger partial charge in [0.1, 0.15) is 6.33 Å². The Bertz CT molecular complexity index is 599. The number of benzene rings is 1. The van der Waals surface area contributed by atoms with Crippen LogP contribution >= 0.6 is 11.6 Å². The van der Waals surface area contributed by atoms with Crippen LogP contribution in [0.2, 0.25) is 5.28 Å². The molecule has 6 heteroatoms. The lowest BCUT2D eigenvalue weighted by Crippen LogP contribution is -2.08. The molecule has 0 aliphatic rings. The minimum atomic E-state index is -0.247. The smallest absolute Gasteiger partial charge is 0.309 e. The van der Waals surface area contributed by atoms with Gasteiger partial charge in [-0.3, -0.25) is 4.79 Å². The van der Waals surface area contributed by atoms with E-state index in [1.54, 1.807) is 11.0 Å². The highest BCUT2D eigenvalue weighted by atomic mass is 35.5. The van der Waals surface area contributed by atoms with Crippen LogP contribution in [0.4, 0.5) is 0 Å². The van der Waals surface area contributed by atoms with E-state index in [2.05, 4.69) is 10.1 Å². The minimum absolute atomic E-state index is 0.203. The first-order chi connectivity index (χ1) is 9.01. The molecule has 0 bridgehead atoms. The monoisotopic (exact) mass is 279 g/mol. The largest absolute Gasteiger partial charge is 0.469 e. The molecule has 5 nitrogen and oxygen atoms in total. The number of aromatic nitrogens is 3. The maximum absolute atomic E-state index is 11.4. The molecule has 19 heavy (non-hydrogen) atoms. The number of aryl methyl sites for hydroxylation is 2. The fourth-order valence-corrected chi connectivity index (χ4v) is 2.09. The van der Waals surface area contributed by atoms with Crippen LogP contribution in [0.25, 0.3) is 5.69 Å². The van der Waals surface area contributed by atoms with Gasteiger partial charge in [-0.1, -0.05) is 0 Å². The molecular weight excluding hydrogens is 266 g/mol. The van der Waals surface area contributed by atoms with Crippen molar-refractivity contribution in [3.8, 4) is 5.69 Å². The normalized spacial score (nSPS) is 10.5. The molecule has 1 aromatic carbocycles. The predicted octanol–water partition coefficient (Wildman–Crippen LogP) is 2.25. The van der Waals surface area contributed by atoms with Gasteiger partial charge >= 0.3 is 5.97 Å². The second kappa shape index (κ2) is 5.40. The molecule has 1 aromatic heterocycles. The summed E-state index contributed by atoms with van der Waals surface area (Å²) in [5, 5.41) is 4.25. The third-order valence-electron chi connectivity index (χ3n) is 2.96. The van der Waals surface area contributed by atoms with Crippen LogP contribution in [-0.4, -0.2) is 27.8 Å². The lowest BCUT2D eigenvalue weighted by Gasteiger charge is -2.11. The van der Waals surface area contributed by atoms with Gasteiger partial charge in [0.25, 0.3) is 0 Å². The second-order valence-corrected chi connectivity index (χ2v) is 4.61. The Morgan fingerprint density at radius 1 is 1.37 bits per heavy atom. The van der Waals surface area contributed by atoms with E-state index in [1.165, 1.54) is 7.11 Å². The van der Waals surface area contributed by atoms with E-state index < -0.39 is 0 Å². The standard InChI is InChI=1S/C13H14ClN3O2/c1-8-4-10(17-7-15-13(14)16-17)5-9(2)11(8)6-12(18)19-3/h4-5,7H,6H2,1-3H3. The van der Waals surface area contributed by atoms with Crippen molar-refractivity contribution in [3.63, 3.8) is 0 Å². The molecule has 2 rings (SSSR count). The number of esters is 1. The predicted molar refractivity (Wildman–Crippen MR) is 71.6 cm³/mol. The molecule has 0 saturated heterocycles. The Hall–Kier alpha value is -1.88. The Labute approximate surface area is 116 Å². The van der Waals surface area contributed by atoms with Crippen molar-refractivity contribution in [1.29, 1.82) is 0 Å². The molecule has 0 saturated carbocycles. The average Bonchev–Trinajstić information content (AvgIpc) is 2.80. The van der Waals surface area contributed by atoms with E-state index >= 15 is 0 Å². The number of rotatable bonds is 3. The molecule has 0 atom stereocenters. The summed E-state index contributed by atoms with van der Waals surface area (Å²) in [6, 6.07) is 3.88. The molecular formula is C13H14ClN3O2. The maximum Gasteiger partial charge on any atom is 0.309 e. The van der Waals surface area contributed by atoms with Crippen LogP contribution in [0, 0.1) is 13.8 Å². The number of ether oxygens (including phenoxy) is 1. The Morgan fingerprint density at radius 2 is 2.00 bits per heavy atom. The first-order valence-corrected chi connectivity index (χ1v) is 6.13. The molecule has 100 valence electrons. The lowest BCUT2D eigenvalue weighted by molar-refractivity contribution is -0.139. The topological polar surface area (TPSA) is 57.0 Å². The van der Waals surface area contributed by atoms with E-state index in [4.69, 9.17) is 16.3 Å². The highest BCUT2D eigenvalue weighted by Crippen LogP contribution is 2.20. The van der Waals surface area contributed by atoms with Crippen molar-refractivity contribution in [2.24, 2.45) is 0 Å². The first-order valence-electron chi connectivity index (χ1n) is 5.75. The molecule has 0 fully saturated rings. The molecule has 2 aromatic rings. The quantitative estimate of drug-likeness (QED) is 0.809. The Kier molecular flexibility index (Phi) is 3.85. The van der Waals surface area contributed by atoms with E-state index in [-0.39, 0.29) is 17.7 Å². The summed E-state index contributed by atoms with van der Waals surface area (Å²) in [4.78, 5) is 15.3. The highest BCUT2D eigenvalue weighted by molar-refractivity contribution is 6.28. The third kappa shape index (κ3) is 2.93. The third-order valence-corrected chi connectivity index (χ3v) is 3.13. The molecule has 0 aliphatic carbocycles. The fourth-order valence-electron chi connectivity index (χ4n) is 1.97. The lowest BCUT2D eigenvalue weighted by atomic mass is 9.99. The van der Waals surface area contributed by atoms with Gasteiger partial charge in [0.2, 0.25) is 5.28 Å². The summed E-state index contributed by atoms with van der Waals surface area (Å²) in [5.74, 6) is -0.247. The minimum Gasteiger partial charge on any atom is -0.469 e. The van der Waals surface area contributed by atoms with Gasteiger partial charge in [0.05, 0.1) is 19.2 Å². The number of carbonyl (C=O) groups is 1. The molecule has 0 N–H and O–H groups in total. The maximum atomic E-state index is 11.4. The van der Waals surface area contributed by atoms with Gasteiger partial charge in [-0.2, -0.15) is 0 Å². The van der Waals surface area contributed by atoms with Crippen molar-refractivity contribution in [2.75, 3.05) is 7.11 Å². The SMILES string of the molecule is COC(=O)Cc1c(C)cc(-n2cnc(Cl)n2)cc1C. The molecule has 0 radical (unpaired) electrons. The Balaban J connectivity index is 2.39. The van der Waals surface area contributed by atoms with Gasteiger partial charge in [0.15, 0.2) is 0 Å². The van der Waals surface area contributed by atoms with Gasteiger partial charge in [-0.05, 0) is 54.3 Å². The number of hydrogen-bond donors (Lipinski definition) is 0. The van der Waals surface area contributed by atoms with E-state index in [0.29, 0.717) is 0 Å². The van der Waals surface area contributed by atoms with Crippen molar-refractivity contribution in [2.45, 2.75) is 20.3 Å². The second-order valence-electron chi connectivity index (χ2n) is 4.27. The number of methoxy groups -OCH3 is 1. The summed E-state index contributed by atoms with van der Waals surface area (Å²) < 4.78 is 6.30. The van der Waals surface area contributed by atoms with E-state index in [0.717, 1.165) is 22.4 Å². The van der Waals surface area contributed by atoms with Crippen LogP contribution in [0.5, 0.6) is 0 Å². The molecule has 1 heterocycles. The number of hydrogen-bond acceptors (Lipinski definition) is 4. The van der Waals surface area contributed by atoms with Gasteiger partial charge in [-0.15, -0.1) is 5.10 Å². The number of nitrogens with zero attached hydrogens (tertiary/aromatic N) is 3. The zero-order chi connectivity index (χ0) is 14.0. The number of halogens is 1. The summed E-state index contributed by atoms with van der Waals surface area (Å²) in [7, 11) is 1.39. The zero-order valence-corrected chi connectivity index (χ0v) is 11.7. The average molecular weight is 280 g/mol. The van der Waals surface area contributed by atoms with Crippen LogP contribution in [0.15, 0.2) is 18.5 Å². The van der Waals surface area contributed by atoms with Crippen molar-refractivity contribution < 1.29 is 9.53 Å². The van der Waals surface area contributed by atoms with Crippen LogP contribution in [-0.2, 0) is 16.0 Å². The van der Waals surface area contributed by atoms with E-state index in [9.17, 15) is 4.79 Å². The zero-order valence-electron chi connectivity index (χ0n) is 11.0. The van der Waals surface area contributed by atoms with Crippen LogP contribution in [0.1, 0.15) is 16.7 Å². The highest BCUT2D eigenvalue weighted by Gasteiger charge is 2.11. The fraction of sp³-hybridized carbons (Fsp3) is 0.308. The molecule has 0 unspecified atom stereocenters. The van der Waals surface area contributed by atoms with Crippen molar-refractivity contribution >= 4 is 17.6 Å². The summed E-state index contributed by atoms with van der Waals surface area (Å²) in [6.45, 7) is 3.90. The van der Waals surface area contributed by atoms with Gasteiger partial charge in [0, 0.05) is 0 Å². The van der Waals surface area contributed by atoms with Crippen molar-refractivity contribution in [1.82, 2.24) is 14.8 Å². The summed E-state index contributed by atoms with van der Waals surface area (Å²) in [6.07, 6.45) is 1.82. The molecule has 0 spiro atoms. The summed E-state index contributed by atoms with van der Waals surface area (Å²) >= 11 is 5.70. The van der Waals surface area contributed by atoms with Crippen LogP contribution in [0.3, 0.4) is 0 Å². The summed E-state index contributed by atoms with van der Waals surface area (Å²) in [5.41, 5.74) is 3.85. The molecule has 0 amide bonds. The van der Waals surface area contributed by atoms with Gasteiger partial charge < -0.3 is 4.74 Å². The van der Waals surface area contributed by atoms with Gasteiger partial charge in [-0.25, -0.2) is 9.67 Å². The Morgan fingerprint density at radius 3 is 2.47 bits per heavy atom. The first kappa shape index (κ1) is 13.5.